The number of piperidine rings is 1. The fourth-order valence-corrected chi connectivity index (χ4v) is 6.46. The van der Waals surface area contributed by atoms with Gasteiger partial charge in [0, 0.05) is 13.1 Å². The molecule has 1 fully saturated rings. The van der Waals surface area contributed by atoms with Crippen LogP contribution in [0.1, 0.15) is 18.4 Å². The van der Waals surface area contributed by atoms with Crippen LogP contribution < -0.4 is 5.32 Å². The Morgan fingerprint density at radius 2 is 2.03 bits per heavy atom. The molecule has 11 heteroatoms. The molecule has 31 heavy (non-hydrogen) atoms. The first-order valence-corrected chi connectivity index (χ1v) is 12.1. The number of anilines is 1. The van der Waals surface area contributed by atoms with Gasteiger partial charge in [0.25, 0.3) is 0 Å². The summed E-state index contributed by atoms with van der Waals surface area (Å²) in [5, 5.41) is 10.8. The summed E-state index contributed by atoms with van der Waals surface area (Å²) in [7, 11) is -3.85. The van der Waals surface area contributed by atoms with Crippen molar-refractivity contribution in [2.75, 3.05) is 18.4 Å². The Labute approximate surface area is 182 Å². The number of fused-ring (bicyclic) bond motifs is 2. The summed E-state index contributed by atoms with van der Waals surface area (Å²) in [6, 6.07) is 10.6. The van der Waals surface area contributed by atoms with Crippen LogP contribution in [-0.2, 0) is 14.8 Å². The zero-order chi connectivity index (χ0) is 21.6. The molecule has 5 rings (SSSR count). The van der Waals surface area contributed by atoms with Crippen molar-refractivity contribution < 1.29 is 17.8 Å². The van der Waals surface area contributed by atoms with Crippen molar-refractivity contribution in [3.8, 4) is 0 Å². The molecule has 4 aromatic rings. The molecular formula is C20H19N5O4S2. The van der Waals surface area contributed by atoms with Crippen LogP contribution in [0.4, 0.5) is 5.13 Å². The van der Waals surface area contributed by atoms with Crippen LogP contribution in [0.25, 0.3) is 21.3 Å². The van der Waals surface area contributed by atoms with Gasteiger partial charge >= 0.3 is 0 Å². The fourth-order valence-electron chi connectivity index (χ4n) is 3.85. The molecule has 2 aromatic heterocycles. The molecule has 9 nitrogen and oxygen atoms in total. The second kappa shape index (κ2) is 7.66. The third-order valence-electron chi connectivity index (χ3n) is 5.47. The molecule has 2 aromatic carbocycles. The summed E-state index contributed by atoms with van der Waals surface area (Å²) in [6.45, 7) is 2.41. The summed E-state index contributed by atoms with van der Waals surface area (Å²) >= 11 is 1.41. The Hall–Kier alpha value is -2.89. The number of nitrogens with zero attached hydrogens (tertiary/aromatic N) is 4. The number of hydrogen-bond donors (Lipinski definition) is 1. The Morgan fingerprint density at radius 3 is 2.87 bits per heavy atom. The number of rotatable bonds is 4. The van der Waals surface area contributed by atoms with E-state index in [4.69, 9.17) is 4.63 Å². The molecule has 0 radical (unpaired) electrons. The molecule has 1 aliphatic heterocycles. The van der Waals surface area contributed by atoms with Gasteiger partial charge in [0.2, 0.25) is 15.9 Å². The van der Waals surface area contributed by atoms with Gasteiger partial charge in [-0.05, 0) is 53.8 Å². The van der Waals surface area contributed by atoms with Crippen LogP contribution in [0, 0.1) is 12.8 Å². The van der Waals surface area contributed by atoms with Crippen LogP contribution in [-0.4, -0.2) is 47.0 Å². The number of hydrogen-bond acceptors (Lipinski definition) is 8. The lowest BCUT2D eigenvalue weighted by atomic mass is 9.99. The maximum Gasteiger partial charge on any atom is 0.245 e. The highest BCUT2D eigenvalue weighted by Crippen LogP contribution is 2.30. The number of carbonyl (C=O) groups excluding carboxylic acids is 1. The molecule has 0 unspecified atom stereocenters. The minimum Gasteiger partial charge on any atom is -0.302 e. The molecule has 0 spiro atoms. The van der Waals surface area contributed by atoms with Crippen molar-refractivity contribution in [1.82, 2.24) is 19.6 Å². The van der Waals surface area contributed by atoms with E-state index < -0.39 is 15.9 Å². The largest absolute Gasteiger partial charge is 0.302 e. The van der Waals surface area contributed by atoms with Crippen molar-refractivity contribution in [2.24, 2.45) is 5.92 Å². The summed E-state index contributed by atoms with van der Waals surface area (Å²) in [5.74, 6) is -0.691. The monoisotopic (exact) mass is 457 g/mol. The van der Waals surface area contributed by atoms with Crippen molar-refractivity contribution in [3.05, 3.63) is 42.0 Å². The van der Waals surface area contributed by atoms with E-state index >= 15 is 0 Å². The molecule has 0 aliphatic carbocycles. The van der Waals surface area contributed by atoms with Crippen LogP contribution in [0.2, 0.25) is 0 Å². The van der Waals surface area contributed by atoms with E-state index in [0.29, 0.717) is 30.0 Å². The fraction of sp³-hybridized carbons (Fsp3) is 0.300. The molecule has 1 atom stereocenters. The van der Waals surface area contributed by atoms with Gasteiger partial charge in [-0.2, -0.15) is 4.31 Å². The van der Waals surface area contributed by atoms with Gasteiger partial charge in [0.1, 0.15) is 10.4 Å². The van der Waals surface area contributed by atoms with Gasteiger partial charge in [0.15, 0.2) is 10.6 Å². The summed E-state index contributed by atoms with van der Waals surface area (Å²) in [6.07, 6.45) is 1.20. The number of aromatic nitrogens is 3. The number of thiazole rings is 1. The number of para-hydroxylation sites is 1. The third-order valence-corrected chi connectivity index (χ3v) is 8.31. The standard InChI is InChI=1S/C20H19N5O4S2/c1-12-5-2-8-15-17(12)21-20(30-15)22-19(26)13-6-4-10-25(11-13)31(27,28)16-9-3-7-14-18(16)24-29-23-14/h2-3,5,7-9,13H,4,6,10-11H2,1H3,(H,21,22,26)/t13-/m1/s1. The number of sulfonamides is 1. The Bertz CT molecular complexity index is 1400. The van der Waals surface area contributed by atoms with E-state index in [1.165, 1.54) is 21.7 Å². The maximum absolute atomic E-state index is 13.3. The van der Waals surface area contributed by atoms with E-state index in [1.807, 2.05) is 25.1 Å². The topological polar surface area (TPSA) is 118 Å². The molecule has 1 amide bonds. The van der Waals surface area contributed by atoms with Crippen molar-refractivity contribution >= 4 is 53.6 Å². The van der Waals surface area contributed by atoms with Gasteiger partial charge in [-0.3, -0.25) is 4.79 Å². The Balaban J connectivity index is 1.36. The molecule has 3 heterocycles. The first kappa shape index (κ1) is 20.0. The van der Waals surface area contributed by atoms with E-state index in [-0.39, 0.29) is 22.9 Å². The van der Waals surface area contributed by atoms with E-state index in [2.05, 4.69) is 20.6 Å². The molecule has 160 valence electrons. The Morgan fingerprint density at radius 1 is 1.19 bits per heavy atom. The Kier molecular flexibility index (Phi) is 4.95. The molecule has 0 saturated carbocycles. The quantitative estimate of drug-likeness (QED) is 0.500. The molecular weight excluding hydrogens is 438 g/mol. The molecule has 0 bridgehead atoms. The summed E-state index contributed by atoms with van der Waals surface area (Å²) in [5.41, 5.74) is 2.48. The van der Waals surface area contributed by atoms with Gasteiger partial charge in [-0.15, -0.1) is 0 Å². The SMILES string of the molecule is Cc1cccc2sc(NC(=O)[C@@H]3CCCN(S(=O)(=O)c4cccc5nonc45)C3)nc12. The minimum absolute atomic E-state index is 0.0361. The van der Waals surface area contributed by atoms with Crippen LogP contribution in [0.5, 0.6) is 0 Å². The number of benzene rings is 2. The van der Waals surface area contributed by atoms with Crippen LogP contribution in [0.3, 0.4) is 0 Å². The lowest BCUT2D eigenvalue weighted by molar-refractivity contribution is -0.120. The maximum atomic E-state index is 13.3. The molecule has 1 saturated heterocycles. The highest BCUT2D eigenvalue weighted by molar-refractivity contribution is 7.89. The predicted octanol–water partition coefficient (Wildman–Crippen LogP) is 3.18. The number of amides is 1. The lowest BCUT2D eigenvalue weighted by Gasteiger charge is -2.31. The smallest absolute Gasteiger partial charge is 0.245 e. The number of nitrogens with one attached hydrogen (secondary N) is 1. The first-order valence-electron chi connectivity index (χ1n) is 9.82. The van der Waals surface area contributed by atoms with E-state index in [0.717, 1.165) is 15.8 Å². The van der Waals surface area contributed by atoms with Crippen molar-refractivity contribution in [1.29, 1.82) is 0 Å². The van der Waals surface area contributed by atoms with Crippen molar-refractivity contribution in [2.45, 2.75) is 24.7 Å². The number of aryl methyl sites for hydroxylation is 1. The first-order chi connectivity index (χ1) is 14.9. The normalized spacial score (nSPS) is 17.9. The minimum atomic E-state index is -3.85. The average molecular weight is 458 g/mol. The van der Waals surface area contributed by atoms with Gasteiger partial charge < -0.3 is 5.32 Å². The highest BCUT2D eigenvalue weighted by atomic mass is 32.2. The van der Waals surface area contributed by atoms with Gasteiger partial charge in [-0.1, -0.05) is 29.5 Å². The van der Waals surface area contributed by atoms with E-state index in [1.54, 1.807) is 12.1 Å². The van der Waals surface area contributed by atoms with Crippen LogP contribution in [0.15, 0.2) is 45.9 Å². The van der Waals surface area contributed by atoms with Gasteiger partial charge in [0.05, 0.1) is 16.1 Å². The lowest BCUT2D eigenvalue weighted by Crippen LogP contribution is -2.43. The second-order valence-electron chi connectivity index (χ2n) is 7.52. The van der Waals surface area contributed by atoms with Gasteiger partial charge in [-0.25, -0.2) is 18.0 Å². The zero-order valence-corrected chi connectivity index (χ0v) is 18.2. The van der Waals surface area contributed by atoms with Crippen LogP contribution >= 0.6 is 11.3 Å². The molecule has 1 N–H and O–H groups in total. The van der Waals surface area contributed by atoms with E-state index in [9.17, 15) is 13.2 Å². The highest BCUT2D eigenvalue weighted by Gasteiger charge is 2.35. The molecule has 1 aliphatic rings. The third kappa shape index (κ3) is 3.58. The zero-order valence-electron chi connectivity index (χ0n) is 16.6. The van der Waals surface area contributed by atoms with Crippen molar-refractivity contribution in [3.63, 3.8) is 0 Å². The summed E-state index contributed by atoms with van der Waals surface area (Å²) < 4.78 is 33.5. The number of carbonyl (C=O) groups is 1. The average Bonchev–Trinajstić information content (AvgIpc) is 3.41. The second-order valence-corrected chi connectivity index (χ2v) is 10.5. The summed E-state index contributed by atoms with van der Waals surface area (Å²) in [4.78, 5) is 17.5. The predicted molar refractivity (Wildman–Crippen MR) is 116 cm³/mol.